The quantitative estimate of drug-likeness (QED) is 0.0425. The maximum absolute atomic E-state index is 13.8. The smallest absolute Gasteiger partial charge is 0.327 e. The summed E-state index contributed by atoms with van der Waals surface area (Å²) in [6.45, 7) is 0.278. The van der Waals surface area contributed by atoms with Crippen molar-refractivity contribution >= 4 is 53.2 Å². The fourth-order valence-electron chi connectivity index (χ4n) is 4.47. The average molecular weight is 627 g/mol. The van der Waals surface area contributed by atoms with Gasteiger partial charge in [0.15, 0.2) is 5.96 Å². The number of hydrogen-bond donors (Lipinski definition) is 10. The molecule has 1 aromatic heterocycles. The molecule has 0 aliphatic carbocycles. The molecule has 14 nitrogen and oxygen atoms in total. The first kappa shape index (κ1) is 33.7. The van der Waals surface area contributed by atoms with Gasteiger partial charge in [0.25, 0.3) is 0 Å². The van der Waals surface area contributed by atoms with Crippen LogP contribution in [0.15, 0.2) is 59.7 Å². The summed E-state index contributed by atoms with van der Waals surface area (Å²) in [6.07, 6.45) is 2.43. The molecule has 0 spiro atoms. The lowest BCUT2D eigenvalue weighted by Crippen LogP contribution is -2.58. The minimum Gasteiger partial charge on any atom is -0.508 e. The molecule has 0 saturated carbocycles. The highest BCUT2D eigenvalue weighted by Crippen LogP contribution is 2.20. The molecule has 0 aliphatic heterocycles. The summed E-state index contributed by atoms with van der Waals surface area (Å²) in [7, 11) is 0. The Labute approximate surface area is 259 Å². The van der Waals surface area contributed by atoms with Crippen molar-refractivity contribution < 1.29 is 29.4 Å². The fourth-order valence-corrected chi connectivity index (χ4v) is 4.71. The lowest BCUT2D eigenvalue weighted by molar-refractivity contribution is -0.141. The predicted molar refractivity (Wildman–Crippen MR) is 169 cm³/mol. The number of carboxylic acids is 1. The minimum atomic E-state index is -1.30. The van der Waals surface area contributed by atoms with E-state index in [9.17, 15) is 29.4 Å². The second kappa shape index (κ2) is 16.2. The molecule has 2 aromatic carbocycles. The number of aromatic hydroxyl groups is 1. The van der Waals surface area contributed by atoms with E-state index in [0.29, 0.717) is 12.0 Å². The van der Waals surface area contributed by atoms with Crippen molar-refractivity contribution in [3.05, 3.63) is 65.9 Å². The number of carbonyl (C=O) groups is 4. The molecule has 0 bridgehead atoms. The Hall–Kier alpha value is -4.76. The maximum Gasteiger partial charge on any atom is 0.327 e. The van der Waals surface area contributed by atoms with Gasteiger partial charge >= 0.3 is 5.97 Å². The first-order chi connectivity index (χ1) is 21.0. The average Bonchev–Trinajstić information content (AvgIpc) is 3.40. The number of nitrogens with one attached hydrogen (secondary N) is 4. The monoisotopic (exact) mass is 626 g/mol. The third-order valence-electron chi connectivity index (χ3n) is 6.84. The number of benzene rings is 2. The van der Waals surface area contributed by atoms with Crippen LogP contribution in [0.5, 0.6) is 5.75 Å². The number of amides is 3. The number of aromatic amines is 1. The third-order valence-corrected chi connectivity index (χ3v) is 7.21. The third kappa shape index (κ3) is 9.91. The highest BCUT2D eigenvalue weighted by atomic mass is 32.1. The molecule has 12 N–H and O–H groups in total. The molecule has 44 heavy (non-hydrogen) atoms. The molecular formula is C29H38N8O6S. The van der Waals surface area contributed by atoms with Crippen molar-refractivity contribution in [2.24, 2.45) is 22.2 Å². The van der Waals surface area contributed by atoms with E-state index in [0.717, 1.165) is 16.5 Å². The molecular weight excluding hydrogens is 588 g/mol. The van der Waals surface area contributed by atoms with E-state index in [4.69, 9.17) is 17.2 Å². The van der Waals surface area contributed by atoms with Crippen molar-refractivity contribution in [3.8, 4) is 5.75 Å². The van der Waals surface area contributed by atoms with Gasteiger partial charge < -0.3 is 48.3 Å². The lowest BCUT2D eigenvalue weighted by Gasteiger charge is -2.25. The number of nitrogens with zero attached hydrogens (tertiary/aromatic N) is 1. The number of para-hydroxylation sites is 1. The molecule has 3 aromatic rings. The van der Waals surface area contributed by atoms with Crippen LogP contribution in [0.4, 0.5) is 0 Å². The van der Waals surface area contributed by atoms with E-state index < -0.39 is 47.9 Å². The Morgan fingerprint density at radius 3 is 2.14 bits per heavy atom. The van der Waals surface area contributed by atoms with Gasteiger partial charge in [-0.3, -0.25) is 19.4 Å². The zero-order valence-corrected chi connectivity index (χ0v) is 24.8. The van der Waals surface area contributed by atoms with Gasteiger partial charge in [0.05, 0.1) is 6.04 Å². The SMILES string of the molecule is NC(N)=NCCCC(N)C(=O)NC(Cc1c[nH]c2ccccc12)C(=O)NC(Cc1ccc(O)cc1)C(=O)NC(CS)C(=O)O. The van der Waals surface area contributed by atoms with Gasteiger partial charge in [-0.2, -0.15) is 12.6 Å². The Balaban J connectivity index is 1.85. The number of aliphatic carboxylic acids is 1. The number of carbonyl (C=O) groups excluding carboxylic acids is 3. The van der Waals surface area contributed by atoms with Gasteiger partial charge in [-0.15, -0.1) is 0 Å². The molecule has 0 radical (unpaired) electrons. The normalized spacial score (nSPS) is 13.7. The molecule has 3 amide bonds. The van der Waals surface area contributed by atoms with E-state index in [-0.39, 0.29) is 43.3 Å². The van der Waals surface area contributed by atoms with Gasteiger partial charge in [-0.25, -0.2) is 4.79 Å². The summed E-state index contributed by atoms with van der Waals surface area (Å²) in [4.78, 5) is 58.7. The molecule has 4 unspecified atom stereocenters. The van der Waals surface area contributed by atoms with E-state index in [1.807, 2.05) is 24.3 Å². The van der Waals surface area contributed by atoms with Crippen LogP contribution in [-0.2, 0) is 32.0 Å². The van der Waals surface area contributed by atoms with Crippen LogP contribution in [0.2, 0.25) is 0 Å². The summed E-state index contributed by atoms with van der Waals surface area (Å²) in [6, 6.07) is 8.79. The largest absolute Gasteiger partial charge is 0.508 e. The standard InChI is InChI=1S/C29H38N8O6S/c30-20(5-3-11-33-29(31)32)25(39)35-23(13-17-14-34-21-6-2-1-4-19(17)21)27(41)36-22(12-16-7-9-18(38)10-8-16)26(40)37-24(15-44)28(42)43/h1-2,4,6-10,14,20,22-24,34,38,44H,3,5,11-13,15,30H2,(H,35,39)(H,36,41)(H,37,40)(H,42,43)(H4,31,32,33). The predicted octanol–water partition coefficient (Wildman–Crippen LogP) is -0.492. The molecule has 0 fully saturated rings. The number of nitrogens with two attached hydrogens (primary N) is 3. The number of hydrogen-bond acceptors (Lipinski definition) is 8. The Bertz CT molecular complexity index is 1470. The minimum absolute atomic E-state index is 0.0101. The van der Waals surface area contributed by atoms with Crippen LogP contribution in [0.25, 0.3) is 10.9 Å². The van der Waals surface area contributed by atoms with Gasteiger partial charge in [-0.05, 0) is 42.2 Å². The molecule has 4 atom stereocenters. The number of guanidine groups is 1. The van der Waals surface area contributed by atoms with Crippen LogP contribution >= 0.6 is 12.6 Å². The Morgan fingerprint density at radius 1 is 0.886 bits per heavy atom. The number of fused-ring (bicyclic) bond motifs is 1. The van der Waals surface area contributed by atoms with Crippen LogP contribution in [0.1, 0.15) is 24.0 Å². The maximum atomic E-state index is 13.8. The molecule has 1 heterocycles. The number of aliphatic imine (C=N–C) groups is 1. The summed E-state index contributed by atoms with van der Waals surface area (Å²) in [5.41, 5.74) is 18.9. The van der Waals surface area contributed by atoms with Gasteiger partial charge in [0.2, 0.25) is 17.7 Å². The van der Waals surface area contributed by atoms with Crippen molar-refractivity contribution in [2.45, 2.75) is 49.9 Å². The lowest BCUT2D eigenvalue weighted by atomic mass is 10.0. The number of rotatable bonds is 16. The van der Waals surface area contributed by atoms with Crippen LogP contribution in [0, 0.1) is 0 Å². The van der Waals surface area contributed by atoms with Gasteiger partial charge in [0, 0.05) is 42.2 Å². The van der Waals surface area contributed by atoms with Crippen LogP contribution in [-0.4, -0.2) is 81.3 Å². The Morgan fingerprint density at radius 2 is 1.50 bits per heavy atom. The number of phenolic OH excluding ortho intramolecular Hbond substituents is 1. The number of carboxylic acid groups (broad SMARTS) is 1. The number of thiol groups is 1. The molecule has 0 saturated heterocycles. The number of aromatic nitrogens is 1. The fraction of sp³-hybridized carbons (Fsp3) is 0.345. The summed E-state index contributed by atoms with van der Waals surface area (Å²) >= 11 is 3.99. The number of phenols is 1. The van der Waals surface area contributed by atoms with Crippen molar-refractivity contribution in [1.82, 2.24) is 20.9 Å². The number of H-pyrrole nitrogens is 1. The molecule has 0 aliphatic rings. The van der Waals surface area contributed by atoms with Crippen molar-refractivity contribution in [2.75, 3.05) is 12.3 Å². The van der Waals surface area contributed by atoms with Gasteiger partial charge in [-0.1, -0.05) is 30.3 Å². The van der Waals surface area contributed by atoms with E-state index in [1.165, 1.54) is 12.1 Å². The van der Waals surface area contributed by atoms with E-state index in [2.05, 4.69) is 38.6 Å². The molecule has 236 valence electrons. The highest BCUT2D eigenvalue weighted by molar-refractivity contribution is 7.80. The van der Waals surface area contributed by atoms with Gasteiger partial charge in [0.1, 0.15) is 23.9 Å². The second-order valence-corrected chi connectivity index (χ2v) is 10.6. The van der Waals surface area contributed by atoms with Crippen LogP contribution in [0.3, 0.4) is 0 Å². The second-order valence-electron chi connectivity index (χ2n) is 10.2. The summed E-state index contributed by atoms with van der Waals surface area (Å²) in [5.74, 6) is -3.57. The molecule has 3 rings (SSSR count). The van der Waals surface area contributed by atoms with Crippen LogP contribution < -0.4 is 33.2 Å². The van der Waals surface area contributed by atoms with E-state index >= 15 is 0 Å². The first-order valence-corrected chi connectivity index (χ1v) is 14.5. The highest BCUT2D eigenvalue weighted by Gasteiger charge is 2.31. The summed E-state index contributed by atoms with van der Waals surface area (Å²) in [5, 5.41) is 27.7. The molecule has 15 heteroatoms. The first-order valence-electron chi connectivity index (χ1n) is 13.9. The zero-order chi connectivity index (χ0) is 32.2. The van der Waals surface area contributed by atoms with E-state index in [1.54, 1.807) is 18.3 Å². The topological polar surface area (TPSA) is 251 Å². The zero-order valence-electron chi connectivity index (χ0n) is 23.9. The Kier molecular flexibility index (Phi) is 12.4. The van der Waals surface area contributed by atoms with Crippen molar-refractivity contribution in [1.29, 1.82) is 0 Å². The van der Waals surface area contributed by atoms with Crippen molar-refractivity contribution in [3.63, 3.8) is 0 Å². The summed E-state index contributed by atoms with van der Waals surface area (Å²) < 4.78 is 0.